The molecule has 4 bridgehead atoms. The van der Waals surface area contributed by atoms with E-state index in [-0.39, 0.29) is 24.9 Å². The Kier molecular flexibility index (Phi) is 3.07. The molecule has 6 aliphatic rings. The van der Waals surface area contributed by atoms with Crippen molar-refractivity contribution in [1.29, 1.82) is 0 Å². The highest BCUT2D eigenvalue weighted by molar-refractivity contribution is 5.87. The van der Waals surface area contributed by atoms with Crippen LogP contribution in [0.4, 0.5) is 0 Å². The van der Waals surface area contributed by atoms with Crippen molar-refractivity contribution in [3.63, 3.8) is 0 Å². The lowest BCUT2D eigenvalue weighted by atomic mass is 9.37. The third-order valence-corrected chi connectivity index (χ3v) is 8.40. The van der Waals surface area contributed by atoms with Crippen LogP contribution in [0.1, 0.15) is 26.2 Å². The molecule has 5 fully saturated rings. The maximum absolute atomic E-state index is 13.3. The largest absolute Gasteiger partial charge is 0.396 e. The predicted molar refractivity (Wildman–Crippen MR) is 90.6 cm³/mol. The molecular formula is C20H26O6. The van der Waals surface area contributed by atoms with Crippen molar-refractivity contribution in [2.24, 2.45) is 34.0 Å². The van der Waals surface area contributed by atoms with Gasteiger partial charge in [0, 0.05) is 35.7 Å². The van der Waals surface area contributed by atoms with E-state index in [0.717, 1.165) is 0 Å². The Labute approximate surface area is 152 Å². The van der Waals surface area contributed by atoms with Gasteiger partial charge in [0.2, 0.25) is 5.79 Å². The highest BCUT2D eigenvalue weighted by atomic mass is 16.6. The second-order valence-corrected chi connectivity index (χ2v) is 9.46. The van der Waals surface area contributed by atoms with Crippen LogP contribution in [0, 0.1) is 34.0 Å². The fraction of sp³-hybridized carbons (Fsp3) is 0.750. The average Bonchev–Trinajstić information content (AvgIpc) is 2.80. The Balaban J connectivity index is 1.80. The fourth-order valence-corrected chi connectivity index (χ4v) is 7.38. The molecule has 4 N–H and O–H groups in total. The number of fused-ring (bicyclic) bond motifs is 2. The molecule has 26 heavy (non-hydrogen) atoms. The minimum Gasteiger partial charge on any atom is -0.396 e. The summed E-state index contributed by atoms with van der Waals surface area (Å²) >= 11 is 0. The van der Waals surface area contributed by atoms with Crippen LogP contribution in [-0.4, -0.2) is 57.4 Å². The van der Waals surface area contributed by atoms with Gasteiger partial charge in [-0.2, -0.15) is 0 Å². The molecular weight excluding hydrogens is 336 g/mol. The van der Waals surface area contributed by atoms with Crippen LogP contribution in [0.3, 0.4) is 0 Å². The summed E-state index contributed by atoms with van der Waals surface area (Å²) in [5.41, 5.74) is -2.25. The molecule has 6 heteroatoms. The van der Waals surface area contributed by atoms with E-state index in [9.17, 15) is 25.2 Å². The van der Waals surface area contributed by atoms with Crippen molar-refractivity contribution in [2.45, 2.75) is 44.2 Å². The molecule has 6 rings (SSSR count). The van der Waals surface area contributed by atoms with Crippen LogP contribution in [0.2, 0.25) is 0 Å². The number of hydrogen-bond donors (Lipinski definition) is 4. The van der Waals surface area contributed by atoms with E-state index in [1.165, 1.54) is 0 Å². The molecule has 3 saturated carbocycles. The van der Waals surface area contributed by atoms with Gasteiger partial charge in [-0.3, -0.25) is 4.79 Å². The molecule has 0 aromatic carbocycles. The summed E-state index contributed by atoms with van der Waals surface area (Å²) in [6, 6.07) is 0. The molecule has 2 spiro atoms. The molecule has 2 aliphatic heterocycles. The molecule has 0 unspecified atom stereocenters. The average molecular weight is 362 g/mol. The summed E-state index contributed by atoms with van der Waals surface area (Å²) in [5, 5.41) is 44.0. The topological polar surface area (TPSA) is 107 Å². The van der Waals surface area contributed by atoms with Gasteiger partial charge in [-0.15, -0.1) is 0 Å². The van der Waals surface area contributed by atoms with Crippen LogP contribution >= 0.6 is 0 Å². The van der Waals surface area contributed by atoms with Gasteiger partial charge in [-0.1, -0.05) is 25.7 Å². The Bertz CT molecular complexity index is 747. The van der Waals surface area contributed by atoms with Gasteiger partial charge >= 0.3 is 0 Å². The zero-order valence-corrected chi connectivity index (χ0v) is 14.9. The van der Waals surface area contributed by atoms with Gasteiger partial charge < -0.3 is 25.2 Å². The number of hydrogen-bond acceptors (Lipinski definition) is 6. The van der Waals surface area contributed by atoms with Crippen LogP contribution in [0.15, 0.2) is 24.3 Å². The fourth-order valence-electron chi connectivity index (χ4n) is 7.38. The molecule has 0 amide bonds. The van der Waals surface area contributed by atoms with E-state index < -0.39 is 46.1 Å². The number of aliphatic hydroxyl groups excluding tert-OH is 3. The first-order chi connectivity index (χ1) is 12.2. The molecule has 0 aromatic heterocycles. The summed E-state index contributed by atoms with van der Waals surface area (Å²) in [6.45, 7) is 5.79. The van der Waals surface area contributed by atoms with Crippen LogP contribution in [0.25, 0.3) is 0 Å². The predicted octanol–water partition coefficient (Wildman–Crippen LogP) is 0.153. The Morgan fingerprint density at radius 1 is 1.38 bits per heavy atom. The van der Waals surface area contributed by atoms with Crippen LogP contribution in [-0.2, 0) is 9.53 Å². The molecule has 142 valence electrons. The molecule has 4 aliphatic carbocycles. The van der Waals surface area contributed by atoms with Crippen molar-refractivity contribution in [2.75, 3.05) is 13.2 Å². The van der Waals surface area contributed by atoms with Crippen molar-refractivity contribution in [3.05, 3.63) is 24.3 Å². The molecule has 9 atom stereocenters. The lowest BCUT2D eigenvalue weighted by Gasteiger charge is -2.72. The first-order valence-corrected chi connectivity index (χ1v) is 9.40. The highest BCUT2D eigenvalue weighted by Crippen LogP contribution is 2.75. The number of rotatable bonds is 1. The van der Waals surface area contributed by atoms with E-state index in [0.29, 0.717) is 24.8 Å². The first kappa shape index (κ1) is 17.1. The van der Waals surface area contributed by atoms with Gasteiger partial charge in [0.25, 0.3) is 0 Å². The normalized spacial score (nSPS) is 60.1. The number of carbonyl (C=O) groups is 1. The van der Waals surface area contributed by atoms with Crippen LogP contribution < -0.4 is 0 Å². The van der Waals surface area contributed by atoms with Gasteiger partial charge in [0.15, 0.2) is 0 Å². The molecule has 0 radical (unpaired) electrons. The second-order valence-electron chi connectivity index (χ2n) is 9.46. The minimum atomic E-state index is -2.03. The summed E-state index contributed by atoms with van der Waals surface area (Å²) in [6.07, 6.45) is 2.72. The monoisotopic (exact) mass is 362 g/mol. The van der Waals surface area contributed by atoms with Gasteiger partial charge in [0.1, 0.15) is 11.9 Å². The van der Waals surface area contributed by atoms with E-state index in [4.69, 9.17) is 4.74 Å². The zero-order chi connectivity index (χ0) is 18.7. The number of carbonyl (C=O) groups excluding carboxylic acids is 1. The summed E-state index contributed by atoms with van der Waals surface area (Å²) in [4.78, 5) is 13.3. The van der Waals surface area contributed by atoms with E-state index in [1.807, 2.05) is 19.1 Å². The summed E-state index contributed by atoms with van der Waals surface area (Å²) in [5.74, 6) is -3.42. The standard InChI is InChI=1S/C20H26O6/c1-10-11-6-12(22)13-18-5-3-4-17(2,8-21)14(18)16(24)20(25,26-9-18)19(13,7-11)15(10)23/h3,5,11,13-16,21,23-25H,1,4,6-9H2,2H3/t11-,13+,14-,15-,16+,17+,18-,19+,20-/m1/s1. The number of Topliss-reactive ketones (excluding diaryl/α,β-unsaturated/α-hetero) is 1. The second kappa shape index (κ2) is 4.67. The van der Waals surface area contributed by atoms with Crippen molar-refractivity contribution in [1.82, 2.24) is 0 Å². The number of ether oxygens (including phenoxy) is 1. The molecule has 0 aromatic rings. The minimum absolute atomic E-state index is 0.00980. The molecule has 2 saturated heterocycles. The Morgan fingerprint density at radius 2 is 2.12 bits per heavy atom. The van der Waals surface area contributed by atoms with Crippen molar-refractivity contribution in [3.8, 4) is 0 Å². The smallest absolute Gasteiger partial charge is 0.201 e. The van der Waals surface area contributed by atoms with Crippen molar-refractivity contribution < 1.29 is 30.0 Å². The summed E-state index contributed by atoms with van der Waals surface area (Å²) < 4.78 is 5.85. The quantitative estimate of drug-likeness (QED) is 0.495. The summed E-state index contributed by atoms with van der Waals surface area (Å²) in [7, 11) is 0. The van der Waals surface area contributed by atoms with E-state index in [2.05, 4.69) is 6.58 Å². The number of allylic oxidation sites excluding steroid dienone is 1. The molecule has 6 nitrogen and oxygen atoms in total. The lowest BCUT2D eigenvalue weighted by molar-refractivity contribution is -0.438. The highest BCUT2D eigenvalue weighted by Gasteiger charge is 2.84. The lowest BCUT2D eigenvalue weighted by Crippen LogP contribution is -2.82. The van der Waals surface area contributed by atoms with Gasteiger partial charge in [-0.05, 0) is 24.3 Å². The number of aliphatic hydroxyl groups is 4. The Morgan fingerprint density at radius 3 is 2.81 bits per heavy atom. The van der Waals surface area contributed by atoms with Gasteiger partial charge in [-0.25, -0.2) is 0 Å². The van der Waals surface area contributed by atoms with Gasteiger partial charge in [0.05, 0.1) is 18.1 Å². The Hall–Kier alpha value is -1.05. The maximum atomic E-state index is 13.3. The maximum Gasteiger partial charge on any atom is 0.201 e. The SMILES string of the molecule is C=C1[C@@H]2CC(=O)[C@H]3[C@]45C=CC[C@@](C)(CO)[C@H]4[C@H](O)[C@@](O)(OC5)[C@]3(C2)[C@@H]1O. The molecule has 2 heterocycles. The third-order valence-electron chi connectivity index (χ3n) is 8.40. The van der Waals surface area contributed by atoms with E-state index >= 15 is 0 Å². The first-order valence-electron chi connectivity index (χ1n) is 9.40. The third kappa shape index (κ3) is 1.46. The zero-order valence-electron chi connectivity index (χ0n) is 14.9. The van der Waals surface area contributed by atoms with Crippen molar-refractivity contribution >= 4 is 5.78 Å². The van der Waals surface area contributed by atoms with E-state index in [1.54, 1.807) is 0 Å². The number of ketones is 1. The van der Waals surface area contributed by atoms with Crippen LogP contribution in [0.5, 0.6) is 0 Å².